The Balaban J connectivity index is 1.74. The van der Waals surface area contributed by atoms with Gasteiger partial charge in [-0.2, -0.15) is 0 Å². The van der Waals surface area contributed by atoms with Gasteiger partial charge in [0.2, 0.25) is 0 Å². The van der Waals surface area contributed by atoms with Crippen molar-refractivity contribution in [3.8, 4) is 11.5 Å². The highest BCUT2D eigenvalue weighted by Crippen LogP contribution is 2.31. The molecule has 0 bridgehead atoms. The number of benzene rings is 1. The molecule has 7 heteroatoms. The maximum atomic E-state index is 12.3. The quantitative estimate of drug-likeness (QED) is 0.730. The smallest absolute Gasteiger partial charge is 0.267 e. The van der Waals surface area contributed by atoms with Crippen LogP contribution in [0, 0.1) is 6.92 Å². The topological polar surface area (TPSA) is 73.3 Å². The molecule has 3 aromatic rings. The van der Waals surface area contributed by atoms with Crippen molar-refractivity contribution >= 4 is 22.9 Å². The van der Waals surface area contributed by atoms with Gasteiger partial charge in [0.25, 0.3) is 5.91 Å². The second-order valence-corrected chi connectivity index (χ2v) is 6.45. The third-order valence-electron chi connectivity index (χ3n) is 3.38. The summed E-state index contributed by atoms with van der Waals surface area (Å²) in [6, 6.07) is 9.04. The molecule has 0 aliphatic carbocycles. The Morgan fingerprint density at radius 1 is 1.24 bits per heavy atom. The molecule has 3 rings (SSSR count). The number of ether oxygens (including phenoxy) is 2. The Morgan fingerprint density at radius 3 is 2.80 bits per heavy atom. The van der Waals surface area contributed by atoms with E-state index in [1.54, 1.807) is 43.9 Å². The number of hydrogen-bond donors (Lipinski definition) is 1. The number of aryl methyl sites for hydroxylation is 1. The number of carbonyl (C=O) groups excluding carboxylic acids is 1. The molecule has 0 radical (unpaired) electrons. The average molecular weight is 355 g/mol. The molecule has 1 amide bonds. The van der Waals surface area contributed by atoms with E-state index in [1.807, 2.05) is 19.1 Å². The lowest BCUT2D eigenvalue weighted by Gasteiger charge is -2.12. The van der Waals surface area contributed by atoms with Crippen molar-refractivity contribution in [1.29, 1.82) is 0 Å². The van der Waals surface area contributed by atoms with E-state index < -0.39 is 0 Å². The van der Waals surface area contributed by atoms with Crippen LogP contribution in [-0.2, 0) is 6.61 Å². The summed E-state index contributed by atoms with van der Waals surface area (Å²) in [6.07, 6.45) is 5.02. The second-order valence-electron chi connectivity index (χ2n) is 5.21. The maximum Gasteiger partial charge on any atom is 0.267 e. The number of nitrogens with one attached hydrogen (secondary N) is 1. The van der Waals surface area contributed by atoms with Gasteiger partial charge in [0, 0.05) is 29.7 Å². The van der Waals surface area contributed by atoms with Crippen molar-refractivity contribution in [1.82, 2.24) is 9.97 Å². The normalized spacial score (nSPS) is 10.3. The van der Waals surface area contributed by atoms with Crippen molar-refractivity contribution in [2.24, 2.45) is 0 Å². The molecule has 0 aliphatic heterocycles. The number of hydrogen-bond acceptors (Lipinski definition) is 6. The highest BCUT2D eigenvalue weighted by Gasteiger charge is 2.12. The Morgan fingerprint density at radius 2 is 2.12 bits per heavy atom. The molecule has 0 saturated carbocycles. The lowest BCUT2D eigenvalue weighted by atomic mass is 10.2. The number of rotatable bonds is 6. The minimum Gasteiger partial charge on any atom is -0.493 e. The molecule has 0 spiro atoms. The van der Waals surface area contributed by atoms with E-state index in [4.69, 9.17) is 9.47 Å². The van der Waals surface area contributed by atoms with Crippen LogP contribution in [0.5, 0.6) is 11.5 Å². The van der Waals surface area contributed by atoms with Crippen molar-refractivity contribution in [2.75, 3.05) is 12.4 Å². The fraction of sp³-hybridized carbons (Fsp3) is 0.167. The van der Waals surface area contributed by atoms with Crippen molar-refractivity contribution in [3.63, 3.8) is 0 Å². The summed E-state index contributed by atoms with van der Waals surface area (Å²) in [5.74, 6) is 0.939. The predicted octanol–water partition coefficient (Wildman–Crippen LogP) is 3.69. The second kappa shape index (κ2) is 7.76. The summed E-state index contributed by atoms with van der Waals surface area (Å²) >= 11 is 1.35. The van der Waals surface area contributed by atoms with Gasteiger partial charge in [-0.25, -0.2) is 4.98 Å². The molecule has 0 unspecified atom stereocenters. The lowest BCUT2D eigenvalue weighted by molar-refractivity contribution is 0.103. The zero-order valence-corrected chi connectivity index (χ0v) is 14.7. The Labute approximate surface area is 149 Å². The molecule has 0 saturated heterocycles. The molecule has 0 atom stereocenters. The number of anilines is 1. The van der Waals surface area contributed by atoms with Crippen molar-refractivity contribution in [2.45, 2.75) is 13.5 Å². The molecular weight excluding hydrogens is 338 g/mol. The third kappa shape index (κ3) is 4.33. The average Bonchev–Trinajstić information content (AvgIpc) is 3.07. The summed E-state index contributed by atoms with van der Waals surface area (Å²) in [4.78, 5) is 21.0. The first-order valence-electron chi connectivity index (χ1n) is 7.59. The van der Waals surface area contributed by atoms with Crippen LogP contribution in [-0.4, -0.2) is 23.0 Å². The van der Waals surface area contributed by atoms with Gasteiger partial charge in [0.15, 0.2) is 11.5 Å². The number of methoxy groups -OCH3 is 1. The summed E-state index contributed by atoms with van der Waals surface area (Å²) in [6.45, 7) is 2.22. The third-order valence-corrected chi connectivity index (χ3v) is 4.30. The van der Waals surface area contributed by atoms with Crippen LogP contribution >= 0.6 is 11.3 Å². The predicted molar refractivity (Wildman–Crippen MR) is 96.4 cm³/mol. The van der Waals surface area contributed by atoms with Crippen LogP contribution in [0.15, 0.2) is 48.9 Å². The van der Waals surface area contributed by atoms with Gasteiger partial charge < -0.3 is 14.8 Å². The Hall–Kier alpha value is -2.93. The maximum absolute atomic E-state index is 12.3. The first-order valence-corrected chi connectivity index (χ1v) is 8.41. The Kier molecular flexibility index (Phi) is 5.25. The molecule has 2 aromatic heterocycles. The van der Waals surface area contributed by atoms with E-state index in [0.717, 1.165) is 10.6 Å². The summed E-state index contributed by atoms with van der Waals surface area (Å²) < 4.78 is 11.1. The zero-order chi connectivity index (χ0) is 17.6. The van der Waals surface area contributed by atoms with Crippen molar-refractivity contribution in [3.05, 3.63) is 64.4 Å². The lowest BCUT2D eigenvalue weighted by Crippen LogP contribution is -2.10. The van der Waals surface area contributed by atoms with Crippen LogP contribution in [0.2, 0.25) is 0 Å². The van der Waals surface area contributed by atoms with Crippen LogP contribution in [0.4, 0.5) is 5.69 Å². The zero-order valence-electron chi connectivity index (χ0n) is 13.9. The largest absolute Gasteiger partial charge is 0.493 e. The van der Waals surface area contributed by atoms with E-state index >= 15 is 0 Å². The minimum absolute atomic E-state index is 0.200. The molecule has 1 aromatic carbocycles. The van der Waals surface area contributed by atoms with Gasteiger partial charge in [-0.1, -0.05) is 6.07 Å². The number of amides is 1. The van der Waals surface area contributed by atoms with Gasteiger partial charge in [-0.15, -0.1) is 11.3 Å². The van der Waals surface area contributed by atoms with Crippen LogP contribution in [0.3, 0.4) is 0 Å². The molecule has 0 aliphatic rings. The summed E-state index contributed by atoms with van der Waals surface area (Å²) in [5.41, 5.74) is 1.57. The molecule has 0 fully saturated rings. The van der Waals surface area contributed by atoms with Crippen LogP contribution in [0.25, 0.3) is 0 Å². The molecule has 6 nitrogen and oxygen atoms in total. The van der Waals surface area contributed by atoms with E-state index in [0.29, 0.717) is 28.7 Å². The molecule has 25 heavy (non-hydrogen) atoms. The fourth-order valence-corrected chi connectivity index (χ4v) is 2.84. The Bertz CT molecular complexity index is 865. The van der Waals surface area contributed by atoms with E-state index in [2.05, 4.69) is 15.3 Å². The van der Waals surface area contributed by atoms with Crippen molar-refractivity contribution < 1.29 is 14.3 Å². The van der Waals surface area contributed by atoms with Crippen LogP contribution in [0.1, 0.15) is 20.2 Å². The van der Waals surface area contributed by atoms with Gasteiger partial charge in [-0.05, 0) is 25.1 Å². The number of carbonyl (C=O) groups is 1. The number of aromatic nitrogens is 2. The summed E-state index contributed by atoms with van der Waals surface area (Å²) in [7, 11) is 1.57. The van der Waals surface area contributed by atoms with E-state index in [-0.39, 0.29) is 5.91 Å². The highest BCUT2D eigenvalue weighted by atomic mass is 32.1. The first kappa shape index (κ1) is 16.9. The number of pyridine rings is 1. The highest BCUT2D eigenvalue weighted by molar-refractivity contribution is 7.13. The molecule has 1 N–H and O–H groups in total. The van der Waals surface area contributed by atoms with Gasteiger partial charge in [-0.3, -0.25) is 9.78 Å². The van der Waals surface area contributed by atoms with E-state index in [1.165, 1.54) is 11.3 Å². The fourth-order valence-electron chi connectivity index (χ4n) is 2.17. The van der Waals surface area contributed by atoms with E-state index in [9.17, 15) is 4.79 Å². The SMILES string of the molecule is COc1ccc(NC(=O)c2cnc(C)s2)cc1OCc1cccnc1. The minimum atomic E-state index is -0.200. The monoisotopic (exact) mass is 355 g/mol. The van der Waals surface area contributed by atoms with Gasteiger partial charge in [0.1, 0.15) is 11.5 Å². The first-order chi connectivity index (χ1) is 12.2. The molecular formula is C18H17N3O3S. The molecule has 2 heterocycles. The standard InChI is InChI=1S/C18H17N3O3S/c1-12-20-10-17(25-12)18(22)21-14-5-6-15(23-2)16(8-14)24-11-13-4-3-7-19-9-13/h3-10H,11H2,1-2H3,(H,21,22). The molecule has 128 valence electrons. The van der Waals surface area contributed by atoms with Gasteiger partial charge >= 0.3 is 0 Å². The number of nitrogens with zero attached hydrogens (tertiary/aromatic N) is 2. The van der Waals surface area contributed by atoms with Gasteiger partial charge in [0.05, 0.1) is 18.3 Å². The summed E-state index contributed by atoms with van der Waals surface area (Å²) in [5, 5.41) is 3.69. The van der Waals surface area contributed by atoms with Crippen LogP contribution < -0.4 is 14.8 Å². The number of thiazole rings is 1.